The summed E-state index contributed by atoms with van der Waals surface area (Å²) in [4.78, 5) is 28.7. The molecule has 3 rings (SSSR count). The van der Waals surface area contributed by atoms with E-state index in [-0.39, 0.29) is 18.4 Å². The molecule has 0 saturated carbocycles. The van der Waals surface area contributed by atoms with E-state index in [2.05, 4.69) is 25.2 Å². The van der Waals surface area contributed by atoms with Crippen molar-refractivity contribution in [3.63, 3.8) is 0 Å². The highest BCUT2D eigenvalue weighted by Gasteiger charge is 2.30. The third-order valence-electron chi connectivity index (χ3n) is 6.23. The minimum Gasteiger partial charge on any atom is -0.484 e. The second-order valence-electron chi connectivity index (χ2n) is 9.15. The van der Waals surface area contributed by atoms with Crippen molar-refractivity contribution in [2.75, 3.05) is 13.2 Å². The largest absolute Gasteiger partial charge is 0.484 e. The number of benzene rings is 3. The molecule has 3 aromatic rings. The second kappa shape index (κ2) is 14.1. The molecule has 0 fully saturated rings. The summed E-state index contributed by atoms with van der Waals surface area (Å²) in [6, 6.07) is 25.0. The zero-order valence-electron chi connectivity index (χ0n) is 21.7. The van der Waals surface area contributed by atoms with Gasteiger partial charge >= 0.3 is 0 Å². The summed E-state index contributed by atoms with van der Waals surface area (Å²) < 4.78 is 5.87. The van der Waals surface area contributed by atoms with Gasteiger partial charge in [0.25, 0.3) is 5.91 Å². The topological polar surface area (TPSA) is 58.6 Å². The third-order valence-corrected chi connectivity index (χ3v) is 6.23. The Bertz CT molecular complexity index is 1100. The number of nitrogens with zero attached hydrogens (tertiary/aromatic N) is 1. The van der Waals surface area contributed by atoms with Gasteiger partial charge in [-0.2, -0.15) is 0 Å². The van der Waals surface area contributed by atoms with Gasteiger partial charge in [-0.15, -0.1) is 0 Å². The van der Waals surface area contributed by atoms with Crippen molar-refractivity contribution >= 4 is 11.8 Å². The van der Waals surface area contributed by atoms with Gasteiger partial charge in [0, 0.05) is 19.5 Å². The van der Waals surface area contributed by atoms with E-state index >= 15 is 0 Å². The van der Waals surface area contributed by atoms with Crippen LogP contribution >= 0.6 is 0 Å². The zero-order chi connectivity index (χ0) is 25.8. The summed E-state index contributed by atoms with van der Waals surface area (Å²) in [7, 11) is 0. The SMILES string of the molecule is CCCCNC(=O)[C@H](Cc1ccccc1)N(Cc1cccc(C)c1)C(=O)COc1ccc(CC)cc1. The van der Waals surface area contributed by atoms with Gasteiger partial charge in [-0.05, 0) is 48.6 Å². The van der Waals surface area contributed by atoms with Gasteiger partial charge in [-0.1, -0.05) is 92.6 Å². The molecule has 0 unspecified atom stereocenters. The van der Waals surface area contributed by atoms with Crippen LogP contribution in [0.1, 0.15) is 48.9 Å². The normalized spacial score (nSPS) is 11.5. The van der Waals surface area contributed by atoms with Gasteiger partial charge in [0.05, 0.1) is 0 Å². The van der Waals surface area contributed by atoms with Crippen LogP contribution < -0.4 is 10.1 Å². The summed E-state index contributed by atoms with van der Waals surface area (Å²) in [5.74, 6) is 0.284. The Balaban J connectivity index is 1.86. The number of hydrogen-bond donors (Lipinski definition) is 1. The monoisotopic (exact) mass is 486 g/mol. The predicted molar refractivity (Wildman–Crippen MR) is 145 cm³/mol. The number of hydrogen-bond acceptors (Lipinski definition) is 3. The standard InChI is InChI=1S/C31H38N2O3/c1-4-6-19-32-31(35)29(21-26-12-8-7-9-13-26)33(22-27-14-10-11-24(3)20-27)30(34)23-36-28-17-15-25(5-2)16-18-28/h7-18,20,29H,4-6,19,21-23H2,1-3H3,(H,32,35)/t29-/m0/s1. The van der Waals surface area contributed by atoms with E-state index in [9.17, 15) is 9.59 Å². The first kappa shape index (κ1) is 27.0. The molecule has 2 amide bonds. The minimum absolute atomic E-state index is 0.134. The summed E-state index contributed by atoms with van der Waals surface area (Å²) >= 11 is 0. The van der Waals surface area contributed by atoms with Crippen LogP contribution in [0.5, 0.6) is 5.75 Å². The van der Waals surface area contributed by atoms with E-state index in [1.807, 2.05) is 79.7 Å². The summed E-state index contributed by atoms with van der Waals surface area (Å²) in [6.45, 7) is 7.00. The fraction of sp³-hybridized carbons (Fsp3) is 0.355. The molecule has 3 aromatic carbocycles. The minimum atomic E-state index is -0.650. The molecule has 1 atom stereocenters. The van der Waals surface area contributed by atoms with Gasteiger partial charge in [-0.25, -0.2) is 0 Å². The molecule has 0 aromatic heterocycles. The fourth-order valence-corrected chi connectivity index (χ4v) is 4.12. The maximum absolute atomic E-state index is 13.6. The Hall–Kier alpha value is -3.60. The van der Waals surface area contributed by atoms with Crippen LogP contribution in [-0.4, -0.2) is 35.9 Å². The molecule has 36 heavy (non-hydrogen) atoms. The third kappa shape index (κ3) is 8.26. The van der Waals surface area contributed by atoms with Crippen LogP contribution in [0.2, 0.25) is 0 Å². The van der Waals surface area contributed by atoms with E-state index in [1.165, 1.54) is 5.56 Å². The van der Waals surface area contributed by atoms with Crippen molar-refractivity contribution < 1.29 is 14.3 Å². The van der Waals surface area contributed by atoms with Crippen LogP contribution in [-0.2, 0) is 29.0 Å². The van der Waals surface area contributed by atoms with Crippen molar-refractivity contribution in [2.24, 2.45) is 0 Å². The number of nitrogens with one attached hydrogen (secondary N) is 1. The molecule has 5 heteroatoms. The lowest BCUT2D eigenvalue weighted by molar-refractivity contribution is -0.142. The summed E-state index contributed by atoms with van der Waals surface area (Å²) in [5.41, 5.74) is 4.31. The van der Waals surface area contributed by atoms with E-state index < -0.39 is 6.04 Å². The van der Waals surface area contributed by atoms with Crippen LogP contribution in [0.4, 0.5) is 0 Å². The molecule has 1 N–H and O–H groups in total. The first-order valence-electron chi connectivity index (χ1n) is 12.9. The molecule has 5 nitrogen and oxygen atoms in total. The number of unbranched alkanes of at least 4 members (excludes halogenated alkanes) is 1. The lowest BCUT2D eigenvalue weighted by atomic mass is 10.0. The predicted octanol–water partition coefficient (Wildman–Crippen LogP) is 5.49. The van der Waals surface area contributed by atoms with Gasteiger partial charge < -0.3 is 15.0 Å². The summed E-state index contributed by atoms with van der Waals surface area (Å²) in [5, 5.41) is 3.05. The zero-order valence-corrected chi connectivity index (χ0v) is 21.7. The fourth-order valence-electron chi connectivity index (χ4n) is 4.12. The number of aryl methyl sites for hydroxylation is 2. The smallest absolute Gasteiger partial charge is 0.261 e. The number of carbonyl (C=O) groups is 2. The molecule has 0 spiro atoms. The lowest BCUT2D eigenvalue weighted by Gasteiger charge is -2.31. The Morgan fingerprint density at radius 1 is 0.889 bits per heavy atom. The second-order valence-corrected chi connectivity index (χ2v) is 9.15. The van der Waals surface area contributed by atoms with Crippen LogP contribution in [0, 0.1) is 6.92 Å². The van der Waals surface area contributed by atoms with Crippen molar-refractivity contribution in [1.29, 1.82) is 0 Å². The maximum Gasteiger partial charge on any atom is 0.261 e. The number of carbonyl (C=O) groups excluding carboxylic acids is 2. The maximum atomic E-state index is 13.6. The van der Waals surface area contributed by atoms with Crippen molar-refractivity contribution in [3.8, 4) is 5.75 Å². The van der Waals surface area contributed by atoms with Crippen molar-refractivity contribution in [3.05, 3.63) is 101 Å². The lowest BCUT2D eigenvalue weighted by Crippen LogP contribution is -2.51. The van der Waals surface area contributed by atoms with E-state index in [1.54, 1.807) is 4.90 Å². The number of amides is 2. The molecule has 0 aliphatic rings. The van der Waals surface area contributed by atoms with Gasteiger partial charge in [0.15, 0.2) is 6.61 Å². The van der Waals surface area contributed by atoms with Gasteiger partial charge in [0.1, 0.15) is 11.8 Å². The first-order chi connectivity index (χ1) is 17.5. The quantitative estimate of drug-likeness (QED) is 0.325. The average molecular weight is 487 g/mol. The Morgan fingerprint density at radius 2 is 1.61 bits per heavy atom. The highest BCUT2D eigenvalue weighted by molar-refractivity contribution is 5.88. The summed E-state index contributed by atoms with van der Waals surface area (Å²) in [6.07, 6.45) is 3.26. The van der Waals surface area contributed by atoms with Crippen molar-refractivity contribution in [2.45, 2.75) is 59.0 Å². The van der Waals surface area contributed by atoms with E-state index in [4.69, 9.17) is 4.74 Å². The molecule has 0 heterocycles. The van der Waals surface area contributed by atoms with Crippen LogP contribution in [0.25, 0.3) is 0 Å². The first-order valence-corrected chi connectivity index (χ1v) is 12.9. The average Bonchev–Trinajstić information content (AvgIpc) is 2.90. The number of rotatable bonds is 13. The molecular formula is C31H38N2O3. The molecule has 0 radical (unpaired) electrons. The molecular weight excluding hydrogens is 448 g/mol. The molecule has 0 aliphatic carbocycles. The van der Waals surface area contributed by atoms with E-state index in [0.29, 0.717) is 25.3 Å². The molecule has 190 valence electrons. The Kier molecular flexibility index (Phi) is 10.6. The van der Waals surface area contributed by atoms with Crippen LogP contribution in [0.15, 0.2) is 78.9 Å². The Morgan fingerprint density at radius 3 is 2.28 bits per heavy atom. The highest BCUT2D eigenvalue weighted by atomic mass is 16.5. The van der Waals surface area contributed by atoms with E-state index in [0.717, 1.165) is 36.0 Å². The number of ether oxygens (including phenoxy) is 1. The molecule has 0 aliphatic heterocycles. The molecule has 0 saturated heterocycles. The van der Waals surface area contributed by atoms with Crippen LogP contribution in [0.3, 0.4) is 0 Å². The molecule has 0 bridgehead atoms. The highest BCUT2D eigenvalue weighted by Crippen LogP contribution is 2.17. The van der Waals surface area contributed by atoms with Gasteiger partial charge in [-0.3, -0.25) is 9.59 Å². The van der Waals surface area contributed by atoms with Crippen molar-refractivity contribution in [1.82, 2.24) is 10.2 Å². The van der Waals surface area contributed by atoms with Gasteiger partial charge in [0.2, 0.25) is 5.91 Å². The Labute approximate surface area is 215 Å².